The fraction of sp³-hybridized carbons (Fsp3) is 1.00. The summed E-state index contributed by atoms with van der Waals surface area (Å²) < 4.78 is 27.5. The normalized spacial score (nSPS) is 20.9. The van der Waals surface area contributed by atoms with Crippen LogP contribution in [0.15, 0.2) is 0 Å². The van der Waals surface area contributed by atoms with Gasteiger partial charge in [-0.05, 0) is 19.3 Å². The molecule has 0 N–H and O–H groups in total. The van der Waals surface area contributed by atoms with E-state index < -0.39 is 9.05 Å². The molecule has 1 aliphatic rings. The zero-order valence-corrected chi connectivity index (χ0v) is 11.4. The van der Waals surface area contributed by atoms with Crippen molar-refractivity contribution in [3.8, 4) is 0 Å². The summed E-state index contributed by atoms with van der Waals surface area (Å²) in [5, 5.41) is 0. The Morgan fingerprint density at radius 2 is 1.94 bits per heavy atom. The fourth-order valence-electron chi connectivity index (χ4n) is 2.44. The monoisotopic (exact) mass is 268 g/mol. The van der Waals surface area contributed by atoms with Crippen LogP contribution in [0, 0.1) is 5.92 Å². The molecule has 0 amide bonds. The van der Waals surface area contributed by atoms with Crippen molar-refractivity contribution < 1.29 is 13.2 Å². The number of halogens is 1. The summed E-state index contributed by atoms with van der Waals surface area (Å²) in [6, 6.07) is 0. The zero-order chi connectivity index (χ0) is 12.0. The van der Waals surface area contributed by atoms with E-state index in [1.165, 1.54) is 32.1 Å². The summed E-state index contributed by atoms with van der Waals surface area (Å²) in [5.41, 5.74) is 0. The van der Waals surface area contributed by atoms with Crippen molar-refractivity contribution in [3.63, 3.8) is 0 Å². The first-order valence-corrected chi connectivity index (χ1v) is 8.53. The molecule has 1 fully saturated rings. The van der Waals surface area contributed by atoms with Crippen LogP contribution in [0.1, 0.15) is 45.4 Å². The van der Waals surface area contributed by atoms with Crippen LogP contribution in [-0.4, -0.2) is 26.9 Å². The van der Waals surface area contributed by atoms with Crippen LogP contribution >= 0.6 is 10.7 Å². The molecule has 0 spiro atoms. The average molecular weight is 269 g/mol. The molecule has 0 aromatic rings. The van der Waals surface area contributed by atoms with Gasteiger partial charge in [0.25, 0.3) is 0 Å². The van der Waals surface area contributed by atoms with Gasteiger partial charge in [-0.25, -0.2) is 8.42 Å². The Labute approximate surface area is 103 Å². The summed E-state index contributed by atoms with van der Waals surface area (Å²) in [4.78, 5) is 0. The molecule has 3 nitrogen and oxygen atoms in total. The number of rotatable bonds is 6. The van der Waals surface area contributed by atoms with Crippen molar-refractivity contribution in [2.24, 2.45) is 5.92 Å². The fourth-order valence-corrected chi connectivity index (χ4v) is 3.53. The van der Waals surface area contributed by atoms with Crippen molar-refractivity contribution in [1.29, 1.82) is 0 Å². The maximum atomic E-state index is 11.0. The highest BCUT2D eigenvalue weighted by molar-refractivity contribution is 8.13. The highest BCUT2D eigenvalue weighted by Gasteiger charge is 2.23. The summed E-state index contributed by atoms with van der Waals surface area (Å²) in [5.74, 6) is 0.558. The second kappa shape index (κ2) is 6.82. The van der Waals surface area contributed by atoms with Crippen molar-refractivity contribution in [2.45, 2.75) is 51.6 Å². The first kappa shape index (κ1) is 14.3. The molecule has 5 heteroatoms. The van der Waals surface area contributed by atoms with E-state index in [2.05, 4.69) is 0 Å². The van der Waals surface area contributed by atoms with Crippen LogP contribution in [0.2, 0.25) is 0 Å². The maximum Gasteiger partial charge on any atom is 0.235 e. The predicted octanol–water partition coefficient (Wildman–Crippen LogP) is 2.93. The van der Waals surface area contributed by atoms with E-state index in [1.807, 2.05) is 6.92 Å². The molecule has 1 unspecified atom stereocenters. The molecule has 0 radical (unpaired) electrons. The first-order valence-electron chi connectivity index (χ1n) is 6.05. The van der Waals surface area contributed by atoms with E-state index in [9.17, 15) is 8.42 Å². The first-order chi connectivity index (χ1) is 7.51. The summed E-state index contributed by atoms with van der Waals surface area (Å²) >= 11 is 0. The quantitative estimate of drug-likeness (QED) is 0.696. The van der Waals surface area contributed by atoms with E-state index in [0.29, 0.717) is 12.5 Å². The van der Waals surface area contributed by atoms with Gasteiger partial charge in [0.15, 0.2) is 0 Å². The summed E-state index contributed by atoms with van der Waals surface area (Å²) in [7, 11) is 1.82. The van der Waals surface area contributed by atoms with Gasteiger partial charge in [0.2, 0.25) is 9.05 Å². The number of hydrogen-bond donors (Lipinski definition) is 0. The summed E-state index contributed by atoms with van der Waals surface area (Å²) in [6.45, 7) is 2.43. The second-order valence-corrected chi connectivity index (χ2v) is 7.34. The topological polar surface area (TPSA) is 43.4 Å². The minimum absolute atomic E-state index is 0.0567. The SMILES string of the molecule is CCOC(CC1CCCCC1)CS(=O)(=O)Cl. The minimum Gasteiger partial charge on any atom is -0.377 e. The van der Waals surface area contributed by atoms with Crippen LogP contribution < -0.4 is 0 Å². The molecule has 1 rings (SSSR count). The van der Waals surface area contributed by atoms with Gasteiger partial charge in [-0.1, -0.05) is 32.1 Å². The Balaban J connectivity index is 2.43. The average Bonchev–Trinajstić information content (AvgIpc) is 2.17. The molecule has 1 atom stereocenters. The maximum absolute atomic E-state index is 11.0. The largest absolute Gasteiger partial charge is 0.377 e. The van der Waals surface area contributed by atoms with E-state index in [4.69, 9.17) is 15.4 Å². The molecule has 0 heterocycles. The van der Waals surface area contributed by atoms with Crippen LogP contribution in [0.3, 0.4) is 0 Å². The Morgan fingerprint density at radius 1 is 1.31 bits per heavy atom. The van der Waals surface area contributed by atoms with Gasteiger partial charge < -0.3 is 4.74 Å². The van der Waals surface area contributed by atoms with Crippen molar-refractivity contribution in [1.82, 2.24) is 0 Å². The van der Waals surface area contributed by atoms with Gasteiger partial charge in [0.05, 0.1) is 11.9 Å². The Kier molecular flexibility index (Phi) is 6.08. The van der Waals surface area contributed by atoms with E-state index >= 15 is 0 Å². The van der Waals surface area contributed by atoms with Crippen LogP contribution in [0.4, 0.5) is 0 Å². The molecule has 0 bridgehead atoms. The molecule has 1 saturated carbocycles. The van der Waals surface area contributed by atoms with Gasteiger partial charge >= 0.3 is 0 Å². The molecule has 1 aliphatic carbocycles. The van der Waals surface area contributed by atoms with Crippen LogP contribution in [0.5, 0.6) is 0 Å². The molecule has 0 aromatic carbocycles. The van der Waals surface area contributed by atoms with Gasteiger partial charge in [-0.3, -0.25) is 0 Å². The van der Waals surface area contributed by atoms with Crippen molar-refractivity contribution in [3.05, 3.63) is 0 Å². The van der Waals surface area contributed by atoms with Crippen molar-refractivity contribution >= 4 is 19.7 Å². The zero-order valence-electron chi connectivity index (χ0n) is 9.82. The Bertz CT molecular complexity index is 284. The third-order valence-electron chi connectivity index (χ3n) is 3.11. The Morgan fingerprint density at radius 3 is 2.44 bits per heavy atom. The number of hydrogen-bond acceptors (Lipinski definition) is 3. The Hall–Kier alpha value is 0.200. The minimum atomic E-state index is -3.45. The lowest BCUT2D eigenvalue weighted by molar-refractivity contribution is 0.0553. The van der Waals surface area contributed by atoms with Gasteiger partial charge in [0, 0.05) is 17.3 Å². The van der Waals surface area contributed by atoms with E-state index in [1.54, 1.807) is 0 Å². The summed E-state index contributed by atoms with van der Waals surface area (Å²) in [6.07, 6.45) is 6.84. The van der Waals surface area contributed by atoms with Crippen LogP contribution in [-0.2, 0) is 13.8 Å². The van der Waals surface area contributed by atoms with E-state index in [0.717, 1.165) is 6.42 Å². The molecular formula is C11H21ClO3S. The molecule has 0 saturated heterocycles. The molecule has 0 aromatic heterocycles. The standard InChI is InChI=1S/C11H21ClO3S/c1-2-15-11(9-16(12,13)14)8-10-6-4-3-5-7-10/h10-11H,2-9H2,1H3. The molecule has 0 aliphatic heterocycles. The van der Waals surface area contributed by atoms with Crippen molar-refractivity contribution in [2.75, 3.05) is 12.4 Å². The molecular weight excluding hydrogens is 248 g/mol. The highest BCUT2D eigenvalue weighted by atomic mass is 35.7. The number of ether oxygens (including phenoxy) is 1. The van der Waals surface area contributed by atoms with Crippen LogP contribution in [0.25, 0.3) is 0 Å². The lowest BCUT2D eigenvalue weighted by Gasteiger charge is -2.25. The van der Waals surface area contributed by atoms with Gasteiger partial charge in [-0.15, -0.1) is 0 Å². The third-order valence-corrected chi connectivity index (χ3v) is 4.26. The van der Waals surface area contributed by atoms with Gasteiger partial charge in [0.1, 0.15) is 0 Å². The third kappa shape index (κ3) is 6.06. The molecule has 96 valence electrons. The highest BCUT2D eigenvalue weighted by Crippen LogP contribution is 2.28. The molecule has 16 heavy (non-hydrogen) atoms. The predicted molar refractivity (Wildman–Crippen MR) is 66.2 cm³/mol. The van der Waals surface area contributed by atoms with E-state index in [-0.39, 0.29) is 11.9 Å². The smallest absolute Gasteiger partial charge is 0.235 e. The second-order valence-electron chi connectivity index (χ2n) is 4.52. The lowest BCUT2D eigenvalue weighted by Crippen LogP contribution is -2.25. The van der Waals surface area contributed by atoms with Gasteiger partial charge in [-0.2, -0.15) is 0 Å². The lowest BCUT2D eigenvalue weighted by atomic mass is 9.85.